The van der Waals surface area contributed by atoms with Crippen molar-refractivity contribution >= 4 is 5.91 Å². The van der Waals surface area contributed by atoms with Gasteiger partial charge in [0.15, 0.2) is 0 Å². The Labute approximate surface area is 164 Å². The molecule has 1 amide bonds. The third-order valence-electron chi connectivity index (χ3n) is 6.94. The fraction of sp³-hybridized carbons (Fsp3) is 0.682. The number of benzene rings is 1. The lowest BCUT2D eigenvalue weighted by atomic mass is 9.92. The second-order valence-corrected chi connectivity index (χ2v) is 8.87. The molecule has 1 aliphatic carbocycles. The average molecular weight is 394 g/mol. The molecule has 0 aromatic heterocycles. The van der Waals surface area contributed by atoms with Gasteiger partial charge in [-0.25, -0.2) is 0 Å². The summed E-state index contributed by atoms with van der Waals surface area (Å²) in [6, 6.07) is 5.46. The van der Waals surface area contributed by atoms with Crippen LogP contribution in [0.15, 0.2) is 24.3 Å². The number of likely N-dealkylation sites (tertiary alicyclic amines) is 2. The summed E-state index contributed by atoms with van der Waals surface area (Å²) in [4.78, 5) is 17.0. The van der Waals surface area contributed by atoms with Crippen LogP contribution in [0.2, 0.25) is 0 Å². The Morgan fingerprint density at radius 3 is 2.14 bits per heavy atom. The van der Waals surface area contributed by atoms with Crippen LogP contribution in [0, 0.1) is 17.8 Å². The summed E-state index contributed by atoms with van der Waals surface area (Å²) in [5.74, 6) is 2.26. The van der Waals surface area contributed by atoms with Gasteiger partial charge in [-0.2, -0.15) is 13.2 Å². The molecule has 2 saturated heterocycles. The van der Waals surface area contributed by atoms with Gasteiger partial charge in [0.25, 0.3) is 0 Å². The average Bonchev–Trinajstić information content (AvgIpc) is 3.25. The molecule has 1 aromatic carbocycles. The molecule has 0 N–H and O–H groups in total. The molecule has 3 fully saturated rings. The summed E-state index contributed by atoms with van der Waals surface area (Å²) in [6.07, 6.45) is 2.27. The summed E-state index contributed by atoms with van der Waals surface area (Å²) in [5.41, 5.74) is 0.311. The van der Waals surface area contributed by atoms with Crippen molar-refractivity contribution in [1.82, 2.24) is 9.80 Å². The standard InChI is InChI=1S/C22H29F3N2O/c23-22(24,25)20-6-4-17(5-7-20)13-26-10-8-16(9-11-26)12-21(28)27-14-18-2-1-3-19(18)15-27/h4-7,16,18-19H,1-3,8-15H2. The lowest BCUT2D eigenvalue weighted by molar-refractivity contribution is -0.137. The molecule has 2 unspecified atom stereocenters. The van der Waals surface area contributed by atoms with Crippen LogP contribution in [0.5, 0.6) is 0 Å². The number of carbonyl (C=O) groups is 1. The molecule has 2 atom stereocenters. The molecule has 2 heterocycles. The summed E-state index contributed by atoms with van der Waals surface area (Å²) in [6.45, 7) is 4.43. The van der Waals surface area contributed by atoms with Crippen LogP contribution in [0.1, 0.15) is 49.7 Å². The number of halogens is 3. The highest BCUT2D eigenvalue weighted by atomic mass is 19.4. The van der Waals surface area contributed by atoms with Crippen LogP contribution < -0.4 is 0 Å². The van der Waals surface area contributed by atoms with Crippen molar-refractivity contribution in [3.63, 3.8) is 0 Å². The topological polar surface area (TPSA) is 23.6 Å². The van der Waals surface area contributed by atoms with Crippen LogP contribution >= 0.6 is 0 Å². The Balaban J connectivity index is 1.21. The highest BCUT2D eigenvalue weighted by molar-refractivity contribution is 5.76. The van der Waals surface area contributed by atoms with E-state index in [1.165, 1.54) is 19.3 Å². The van der Waals surface area contributed by atoms with Gasteiger partial charge in [-0.1, -0.05) is 18.6 Å². The molecule has 28 heavy (non-hydrogen) atoms. The number of rotatable bonds is 4. The van der Waals surface area contributed by atoms with Gasteiger partial charge in [0.2, 0.25) is 5.91 Å². The second-order valence-electron chi connectivity index (χ2n) is 8.87. The number of nitrogens with zero attached hydrogens (tertiary/aromatic N) is 2. The molecule has 2 aliphatic heterocycles. The minimum Gasteiger partial charge on any atom is -0.342 e. The number of piperidine rings is 1. The van der Waals surface area contributed by atoms with Gasteiger partial charge in [0, 0.05) is 26.1 Å². The summed E-state index contributed by atoms with van der Waals surface area (Å²) < 4.78 is 38.0. The van der Waals surface area contributed by atoms with Crippen molar-refractivity contribution in [3.8, 4) is 0 Å². The summed E-state index contributed by atoms with van der Waals surface area (Å²) in [5, 5.41) is 0. The Bertz CT molecular complexity index is 668. The third kappa shape index (κ3) is 4.53. The van der Waals surface area contributed by atoms with Crippen molar-refractivity contribution in [1.29, 1.82) is 0 Å². The van der Waals surface area contributed by atoms with Gasteiger partial charge in [-0.3, -0.25) is 9.69 Å². The van der Waals surface area contributed by atoms with E-state index in [-0.39, 0.29) is 0 Å². The molecule has 1 saturated carbocycles. The van der Waals surface area contributed by atoms with E-state index < -0.39 is 11.7 Å². The number of hydrogen-bond donors (Lipinski definition) is 0. The normalized spacial score (nSPS) is 26.6. The lowest BCUT2D eigenvalue weighted by Gasteiger charge is -2.32. The quantitative estimate of drug-likeness (QED) is 0.747. The highest BCUT2D eigenvalue weighted by Crippen LogP contribution is 2.38. The smallest absolute Gasteiger partial charge is 0.342 e. The van der Waals surface area contributed by atoms with Crippen LogP contribution in [0.3, 0.4) is 0 Å². The largest absolute Gasteiger partial charge is 0.416 e. The molecule has 4 rings (SSSR count). The van der Waals surface area contributed by atoms with Gasteiger partial charge >= 0.3 is 6.18 Å². The Morgan fingerprint density at radius 1 is 0.964 bits per heavy atom. The van der Waals surface area contributed by atoms with Crippen molar-refractivity contribution in [3.05, 3.63) is 35.4 Å². The van der Waals surface area contributed by atoms with E-state index in [0.29, 0.717) is 24.8 Å². The van der Waals surface area contributed by atoms with Crippen LogP contribution in [-0.2, 0) is 17.5 Å². The maximum absolute atomic E-state index is 12.7. The summed E-state index contributed by atoms with van der Waals surface area (Å²) >= 11 is 0. The Kier molecular flexibility index (Phi) is 5.68. The predicted molar refractivity (Wildman–Crippen MR) is 101 cm³/mol. The second kappa shape index (κ2) is 8.05. The Hall–Kier alpha value is -1.56. The van der Waals surface area contributed by atoms with E-state index in [4.69, 9.17) is 0 Å². The zero-order valence-corrected chi connectivity index (χ0v) is 16.3. The first-order valence-electron chi connectivity index (χ1n) is 10.5. The van der Waals surface area contributed by atoms with Crippen molar-refractivity contribution < 1.29 is 18.0 Å². The van der Waals surface area contributed by atoms with E-state index in [1.54, 1.807) is 12.1 Å². The van der Waals surface area contributed by atoms with E-state index >= 15 is 0 Å². The number of fused-ring (bicyclic) bond motifs is 1. The number of hydrogen-bond acceptors (Lipinski definition) is 2. The molecule has 6 heteroatoms. The van der Waals surface area contributed by atoms with E-state index in [0.717, 1.165) is 68.6 Å². The Morgan fingerprint density at radius 2 is 1.57 bits per heavy atom. The molecular formula is C22H29F3N2O. The third-order valence-corrected chi connectivity index (χ3v) is 6.94. The van der Waals surface area contributed by atoms with Gasteiger partial charge in [-0.15, -0.1) is 0 Å². The minimum atomic E-state index is -4.28. The van der Waals surface area contributed by atoms with Crippen LogP contribution in [-0.4, -0.2) is 41.9 Å². The van der Waals surface area contributed by atoms with Crippen molar-refractivity contribution in [2.45, 2.75) is 51.2 Å². The van der Waals surface area contributed by atoms with Crippen LogP contribution in [0.4, 0.5) is 13.2 Å². The molecule has 1 aromatic rings. The first kappa shape index (κ1) is 19.7. The number of alkyl halides is 3. The first-order valence-corrected chi connectivity index (χ1v) is 10.5. The fourth-order valence-electron chi connectivity index (χ4n) is 5.22. The van der Waals surface area contributed by atoms with E-state index in [1.807, 2.05) is 0 Å². The van der Waals surface area contributed by atoms with Crippen LogP contribution in [0.25, 0.3) is 0 Å². The van der Waals surface area contributed by atoms with Crippen molar-refractivity contribution in [2.24, 2.45) is 17.8 Å². The molecular weight excluding hydrogens is 365 g/mol. The molecule has 0 spiro atoms. The van der Waals surface area contributed by atoms with Gasteiger partial charge < -0.3 is 4.90 Å². The molecule has 3 aliphatic rings. The molecule has 0 radical (unpaired) electrons. The predicted octanol–water partition coefficient (Wildman–Crippen LogP) is 4.57. The SMILES string of the molecule is O=C(CC1CCN(Cc2ccc(C(F)(F)F)cc2)CC1)N1CC2CCCC2C1. The van der Waals surface area contributed by atoms with Crippen molar-refractivity contribution in [2.75, 3.05) is 26.2 Å². The zero-order chi connectivity index (χ0) is 19.7. The fourth-order valence-corrected chi connectivity index (χ4v) is 5.22. The highest BCUT2D eigenvalue weighted by Gasteiger charge is 2.38. The van der Waals surface area contributed by atoms with Gasteiger partial charge in [-0.05, 0) is 74.2 Å². The van der Waals surface area contributed by atoms with E-state index in [2.05, 4.69) is 9.80 Å². The van der Waals surface area contributed by atoms with E-state index in [9.17, 15) is 18.0 Å². The molecule has 0 bridgehead atoms. The molecule has 154 valence electrons. The summed E-state index contributed by atoms with van der Waals surface area (Å²) in [7, 11) is 0. The minimum absolute atomic E-state index is 0.329. The lowest BCUT2D eigenvalue weighted by Crippen LogP contribution is -2.36. The zero-order valence-electron chi connectivity index (χ0n) is 16.3. The maximum atomic E-state index is 12.7. The number of amides is 1. The first-order chi connectivity index (χ1) is 13.4. The number of carbonyl (C=O) groups excluding carboxylic acids is 1. The maximum Gasteiger partial charge on any atom is 0.416 e. The monoisotopic (exact) mass is 394 g/mol. The van der Waals surface area contributed by atoms with Gasteiger partial charge in [0.1, 0.15) is 0 Å². The van der Waals surface area contributed by atoms with Gasteiger partial charge in [0.05, 0.1) is 5.56 Å². The molecule has 3 nitrogen and oxygen atoms in total.